The number of nitrogens with one attached hydrogen (secondary N) is 1. The minimum Gasteiger partial charge on any atom is -0.394 e. The van der Waals surface area contributed by atoms with Crippen molar-refractivity contribution in [2.24, 2.45) is 0 Å². The van der Waals surface area contributed by atoms with Gasteiger partial charge in [-0.3, -0.25) is 19.2 Å². The third-order valence-corrected chi connectivity index (χ3v) is 4.02. The molecule has 0 spiro atoms. The van der Waals surface area contributed by atoms with Crippen LogP contribution in [0.15, 0.2) is 15.8 Å². The number of aromatic amines is 1. The summed E-state index contributed by atoms with van der Waals surface area (Å²) >= 11 is 0. The second-order valence-electron chi connectivity index (χ2n) is 5.40. The van der Waals surface area contributed by atoms with E-state index >= 15 is 0 Å². The molecule has 0 aliphatic carbocycles. The second kappa shape index (κ2) is 7.19. The maximum absolute atomic E-state index is 12.0. The van der Waals surface area contributed by atoms with Crippen molar-refractivity contribution in [3.05, 3.63) is 32.6 Å². The monoisotopic (exact) mass is 313 g/mol. The molecule has 124 valence electrons. The van der Waals surface area contributed by atoms with Gasteiger partial charge in [-0.2, -0.15) is 0 Å². The SMILES string of the molecule is CCN(CC)Cc1cn(C2CC(O)C(CO)O2)c(=O)[nH]c1=O. The van der Waals surface area contributed by atoms with Crippen LogP contribution in [0.25, 0.3) is 0 Å². The number of ether oxygens (including phenoxy) is 1. The number of nitrogens with zero attached hydrogens (tertiary/aromatic N) is 2. The second-order valence-corrected chi connectivity index (χ2v) is 5.40. The molecule has 3 atom stereocenters. The van der Waals surface area contributed by atoms with Crippen molar-refractivity contribution in [2.45, 2.75) is 45.2 Å². The molecule has 1 aromatic rings. The van der Waals surface area contributed by atoms with E-state index in [0.717, 1.165) is 13.1 Å². The Morgan fingerprint density at radius 2 is 2.09 bits per heavy atom. The van der Waals surface area contributed by atoms with Crippen molar-refractivity contribution >= 4 is 0 Å². The zero-order valence-electron chi connectivity index (χ0n) is 12.9. The molecule has 0 amide bonds. The number of rotatable bonds is 6. The smallest absolute Gasteiger partial charge is 0.330 e. The van der Waals surface area contributed by atoms with Crippen LogP contribution in [0.5, 0.6) is 0 Å². The Kier molecular flexibility index (Phi) is 5.52. The fourth-order valence-corrected chi connectivity index (χ4v) is 2.59. The molecule has 1 aromatic heterocycles. The third kappa shape index (κ3) is 3.46. The van der Waals surface area contributed by atoms with Crippen molar-refractivity contribution in [3.63, 3.8) is 0 Å². The van der Waals surface area contributed by atoms with Gasteiger partial charge in [-0.25, -0.2) is 4.79 Å². The Labute approximate surface area is 128 Å². The van der Waals surface area contributed by atoms with E-state index in [-0.39, 0.29) is 13.0 Å². The minimum atomic E-state index is -0.833. The average Bonchev–Trinajstić information content (AvgIpc) is 2.87. The van der Waals surface area contributed by atoms with Crippen molar-refractivity contribution in [3.8, 4) is 0 Å². The molecule has 1 aliphatic rings. The van der Waals surface area contributed by atoms with Gasteiger partial charge in [-0.1, -0.05) is 13.8 Å². The van der Waals surface area contributed by atoms with Gasteiger partial charge in [-0.05, 0) is 13.1 Å². The predicted molar refractivity (Wildman–Crippen MR) is 79.6 cm³/mol. The first-order valence-electron chi connectivity index (χ1n) is 7.51. The summed E-state index contributed by atoms with van der Waals surface area (Å²) in [7, 11) is 0. The molecule has 0 radical (unpaired) electrons. The summed E-state index contributed by atoms with van der Waals surface area (Å²) in [5.74, 6) is 0. The molecule has 22 heavy (non-hydrogen) atoms. The number of hydrogen-bond donors (Lipinski definition) is 3. The Morgan fingerprint density at radius 1 is 1.41 bits per heavy atom. The standard InChI is InChI=1S/C14H23N3O5/c1-3-16(4-2)6-9-7-17(14(21)15-13(9)20)12-5-10(19)11(8-18)22-12/h7,10-12,18-19H,3-6,8H2,1-2H3,(H,15,20,21). The van der Waals surface area contributed by atoms with Crippen LogP contribution >= 0.6 is 0 Å². The van der Waals surface area contributed by atoms with E-state index in [4.69, 9.17) is 9.84 Å². The van der Waals surface area contributed by atoms with Gasteiger partial charge >= 0.3 is 5.69 Å². The van der Waals surface area contributed by atoms with Crippen LogP contribution in [0.1, 0.15) is 32.1 Å². The van der Waals surface area contributed by atoms with Gasteiger partial charge in [0.1, 0.15) is 12.3 Å². The first-order valence-corrected chi connectivity index (χ1v) is 7.51. The first kappa shape index (κ1) is 16.9. The summed E-state index contributed by atoms with van der Waals surface area (Å²) in [5, 5.41) is 18.9. The Balaban J connectivity index is 2.29. The molecule has 0 bridgehead atoms. The molecule has 0 saturated carbocycles. The van der Waals surface area contributed by atoms with Gasteiger partial charge in [0.25, 0.3) is 5.56 Å². The third-order valence-electron chi connectivity index (χ3n) is 4.02. The largest absolute Gasteiger partial charge is 0.394 e. The van der Waals surface area contributed by atoms with Gasteiger partial charge in [0, 0.05) is 24.7 Å². The Morgan fingerprint density at radius 3 is 2.64 bits per heavy atom. The van der Waals surface area contributed by atoms with E-state index in [1.54, 1.807) is 0 Å². The van der Waals surface area contributed by atoms with Gasteiger partial charge in [-0.15, -0.1) is 0 Å². The molecule has 2 heterocycles. The summed E-state index contributed by atoms with van der Waals surface area (Å²) < 4.78 is 6.75. The number of aromatic nitrogens is 2. The summed E-state index contributed by atoms with van der Waals surface area (Å²) in [5.41, 5.74) is -0.525. The number of hydrogen-bond acceptors (Lipinski definition) is 6. The lowest BCUT2D eigenvalue weighted by Gasteiger charge is -2.19. The number of aliphatic hydroxyl groups excluding tert-OH is 2. The van der Waals surface area contributed by atoms with E-state index in [1.807, 2.05) is 13.8 Å². The van der Waals surface area contributed by atoms with Gasteiger partial charge in [0.2, 0.25) is 0 Å². The van der Waals surface area contributed by atoms with E-state index in [9.17, 15) is 14.7 Å². The zero-order valence-corrected chi connectivity index (χ0v) is 12.9. The maximum atomic E-state index is 12.0. The van der Waals surface area contributed by atoms with Crippen LogP contribution < -0.4 is 11.2 Å². The van der Waals surface area contributed by atoms with Crippen LogP contribution in [-0.2, 0) is 11.3 Å². The highest BCUT2D eigenvalue weighted by molar-refractivity contribution is 5.05. The van der Waals surface area contributed by atoms with E-state index in [2.05, 4.69) is 9.88 Å². The highest BCUT2D eigenvalue weighted by Crippen LogP contribution is 2.27. The molecule has 0 aromatic carbocycles. The molecule has 8 heteroatoms. The molecule has 1 saturated heterocycles. The molecule has 8 nitrogen and oxygen atoms in total. The lowest BCUT2D eigenvalue weighted by molar-refractivity contribution is -0.0460. The lowest BCUT2D eigenvalue weighted by atomic mass is 10.2. The average molecular weight is 313 g/mol. The first-order chi connectivity index (χ1) is 10.5. The molecule has 2 rings (SSSR count). The summed E-state index contributed by atoms with van der Waals surface area (Å²) in [6, 6.07) is 0. The van der Waals surface area contributed by atoms with Gasteiger partial charge in [0.05, 0.1) is 12.7 Å². The van der Waals surface area contributed by atoms with E-state index in [0.29, 0.717) is 12.1 Å². The summed E-state index contributed by atoms with van der Waals surface area (Å²) in [4.78, 5) is 28.3. The molecular weight excluding hydrogens is 290 g/mol. The van der Waals surface area contributed by atoms with Crippen molar-refractivity contribution in [1.29, 1.82) is 0 Å². The maximum Gasteiger partial charge on any atom is 0.330 e. The molecule has 3 N–H and O–H groups in total. The van der Waals surface area contributed by atoms with E-state index in [1.165, 1.54) is 10.8 Å². The van der Waals surface area contributed by atoms with Crippen molar-refractivity contribution in [2.75, 3.05) is 19.7 Å². The highest BCUT2D eigenvalue weighted by atomic mass is 16.5. The normalized spacial score (nSPS) is 25.0. The topological polar surface area (TPSA) is 108 Å². The fraction of sp³-hybridized carbons (Fsp3) is 0.714. The molecule has 1 fully saturated rings. The van der Waals surface area contributed by atoms with Crippen LogP contribution in [0.4, 0.5) is 0 Å². The van der Waals surface area contributed by atoms with Gasteiger partial charge < -0.3 is 14.9 Å². The van der Waals surface area contributed by atoms with Gasteiger partial charge in [0.15, 0.2) is 0 Å². The van der Waals surface area contributed by atoms with Crippen molar-refractivity contribution < 1.29 is 14.9 Å². The van der Waals surface area contributed by atoms with Crippen LogP contribution in [0.3, 0.4) is 0 Å². The number of aliphatic hydroxyl groups is 2. The quantitative estimate of drug-likeness (QED) is 0.623. The molecule has 1 aliphatic heterocycles. The minimum absolute atomic E-state index is 0.196. The van der Waals surface area contributed by atoms with E-state index < -0.39 is 29.7 Å². The van der Waals surface area contributed by atoms with Crippen LogP contribution in [0.2, 0.25) is 0 Å². The van der Waals surface area contributed by atoms with Crippen LogP contribution in [-0.4, -0.2) is 56.6 Å². The highest BCUT2D eigenvalue weighted by Gasteiger charge is 2.35. The summed E-state index contributed by atoms with van der Waals surface area (Å²) in [6.07, 6.45) is -0.555. The Hall–Kier alpha value is -1.48. The predicted octanol–water partition coefficient (Wildman–Crippen LogP) is -0.981. The molecular formula is C14H23N3O5. The summed E-state index contributed by atoms with van der Waals surface area (Å²) in [6.45, 7) is 5.69. The lowest BCUT2D eigenvalue weighted by Crippen LogP contribution is -2.36. The van der Waals surface area contributed by atoms with Crippen LogP contribution in [0, 0.1) is 0 Å². The Bertz CT molecular complexity index is 607. The fourth-order valence-electron chi connectivity index (χ4n) is 2.59. The zero-order chi connectivity index (χ0) is 16.3. The van der Waals surface area contributed by atoms with Crippen molar-refractivity contribution in [1.82, 2.24) is 14.5 Å². The number of H-pyrrole nitrogens is 1. The molecule has 3 unspecified atom stereocenters.